The molecule has 0 aliphatic rings. The van der Waals surface area contributed by atoms with Crippen molar-refractivity contribution >= 4 is 5.97 Å². The van der Waals surface area contributed by atoms with E-state index in [2.05, 4.69) is 4.74 Å². The first-order valence-corrected chi connectivity index (χ1v) is 4.37. The van der Waals surface area contributed by atoms with Gasteiger partial charge in [0.1, 0.15) is 0 Å². The topological polar surface area (TPSA) is 44.8 Å². The fraction of sp³-hybridized carbons (Fsp3) is 0.875. The van der Waals surface area contributed by atoms with Gasteiger partial charge in [-0.2, -0.15) is 13.2 Å². The summed E-state index contributed by atoms with van der Waals surface area (Å²) in [5.74, 6) is -1.17. The number of hydrogen-bond donors (Lipinski definition) is 0. The molecule has 90 valence electrons. The Hall–Kier alpha value is -0.820. The zero-order valence-electron chi connectivity index (χ0n) is 8.47. The minimum absolute atomic E-state index is 0.145. The second-order valence-corrected chi connectivity index (χ2v) is 2.47. The SMILES string of the molecule is CCOC(OCC)C(=O)OCC(F)(F)F. The molecule has 0 bridgehead atoms. The molecule has 0 heterocycles. The van der Waals surface area contributed by atoms with Crippen molar-refractivity contribution in [3.63, 3.8) is 0 Å². The summed E-state index contributed by atoms with van der Waals surface area (Å²) in [4.78, 5) is 11.0. The molecule has 0 unspecified atom stereocenters. The first-order chi connectivity index (χ1) is 6.90. The molecule has 0 aromatic heterocycles. The summed E-state index contributed by atoms with van der Waals surface area (Å²) in [5.41, 5.74) is 0. The molecule has 0 aliphatic carbocycles. The fourth-order valence-electron chi connectivity index (χ4n) is 0.708. The molecule has 0 radical (unpaired) electrons. The van der Waals surface area contributed by atoms with Gasteiger partial charge in [0.25, 0.3) is 6.29 Å². The van der Waals surface area contributed by atoms with E-state index in [1.807, 2.05) is 0 Å². The van der Waals surface area contributed by atoms with E-state index in [-0.39, 0.29) is 13.2 Å². The standard InChI is InChI=1S/C8H13F3O4/c1-3-13-7(14-4-2)6(12)15-5-8(9,10)11/h7H,3-5H2,1-2H3. The molecular formula is C8H13F3O4. The van der Waals surface area contributed by atoms with Gasteiger partial charge in [0.2, 0.25) is 0 Å². The van der Waals surface area contributed by atoms with Gasteiger partial charge in [-0.25, -0.2) is 4.79 Å². The van der Waals surface area contributed by atoms with Crippen LogP contribution < -0.4 is 0 Å². The summed E-state index contributed by atoms with van der Waals surface area (Å²) in [7, 11) is 0. The Bertz CT molecular complexity index is 187. The van der Waals surface area contributed by atoms with E-state index in [1.54, 1.807) is 13.8 Å². The normalized spacial score (nSPS) is 11.9. The third kappa shape index (κ3) is 7.15. The smallest absolute Gasteiger partial charge is 0.422 e. The molecule has 0 atom stereocenters. The second-order valence-electron chi connectivity index (χ2n) is 2.47. The van der Waals surface area contributed by atoms with Crippen molar-refractivity contribution in [2.24, 2.45) is 0 Å². The molecule has 0 fully saturated rings. The van der Waals surface area contributed by atoms with E-state index in [0.29, 0.717) is 0 Å². The van der Waals surface area contributed by atoms with Crippen LogP contribution in [0.1, 0.15) is 13.8 Å². The zero-order chi connectivity index (χ0) is 11.9. The Kier molecular flexibility index (Phi) is 6.26. The largest absolute Gasteiger partial charge is 0.452 e. The highest BCUT2D eigenvalue weighted by Gasteiger charge is 2.31. The Morgan fingerprint density at radius 3 is 2.00 bits per heavy atom. The molecule has 0 N–H and O–H groups in total. The Labute approximate surface area is 85.3 Å². The van der Waals surface area contributed by atoms with Crippen LogP contribution in [-0.4, -0.2) is 38.3 Å². The quantitative estimate of drug-likeness (QED) is 0.512. The summed E-state index contributed by atoms with van der Waals surface area (Å²) in [6.45, 7) is 1.83. The van der Waals surface area contributed by atoms with Crippen LogP contribution in [0.4, 0.5) is 13.2 Å². The van der Waals surface area contributed by atoms with Gasteiger partial charge in [0, 0.05) is 13.2 Å². The monoisotopic (exact) mass is 230 g/mol. The molecule has 0 amide bonds. The van der Waals surface area contributed by atoms with Crippen LogP contribution in [0, 0.1) is 0 Å². The molecular weight excluding hydrogens is 217 g/mol. The van der Waals surface area contributed by atoms with Crippen LogP contribution in [0.5, 0.6) is 0 Å². The van der Waals surface area contributed by atoms with Crippen LogP contribution >= 0.6 is 0 Å². The lowest BCUT2D eigenvalue weighted by atomic mass is 10.6. The Morgan fingerprint density at radius 1 is 1.20 bits per heavy atom. The van der Waals surface area contributed by atoms with Crippen LogP contribution in [0.25, 0.3) is 0 Å². The average Bonchev–Trinajstić information content (AvgIpc) is 2.13. The maximum absolute atomic E-state index is 11.7. The number of carbonyl (C=O) groups is 1. The maximum Gasteiger partial charge on any atom is 0.422 e. The maximum atomic E-state index is 11.7. The highest BCUT2D eigenvalue weighted by atomic mass is 19.4. The van der Waals surface area contributed by atoms with E-state index < -0.39 is 25.0 Å². The first kappa shape index (κ1) is 14.2. The van der Waals surface area contributed by atoms with Gasteiger partial charge in [-0.05, 0) is 13.8 Å². The lowest BCUT2D eigenvalue weighted by Gasteiger charge is -2.16. The van der Waals surface area contributed by atoms with E-state index in [0.717, 1.165) is 0 Å². The predicted molar refractivity (Wildman–Crippen MR) is 44.1 cm³/mol. The third-order valence-corrected chi connectivity index (χ3v) is 1.21. The van der Waals surface area contributed by atoms with Gasteiger partial charge in [-0.15, -0.1) is 0 Å². The highest BCUT2D eigenvalue weighted by molar-refractivity contribution is 5.73. The predicted octanol–water partition coefficient (Wildman–Crippen LogP) is 1.49. The average molecular weight is 230 g/mol. The van der Waals surface area contributed by atoms with Crippen LogP contribution in [0.3, 0.4) is 0 Å². The van der Waals surface area contributed by atoms with E-state index in [9.17, 15) is 18.0 Å². The van der Waals surface area contributed by atoms with Gasteiger partial charge in [0.05, 0.1) is 0 Å². The summed E-state index contributed by atoms with van der Waals surface area (Å²) >= 11 is 0. The van der Waals surface area contributed by atoms with Crippen molar-refractivity contribution in [1.29, 1.82) is 0 Å². The van der Waals surface area contributed by atoms with Gasteiger partial charge >= 0.3 is 12.1 Å². The second kappa shape index (κ2) is 6.62. The van der Waals surface area contributed by atoms with Crippen LogP contribution in [0.2, 0.25) is 0 Å². The molecule has 4 nitrogen and oxygen atoms in total. The van der Waals surface area contributed by atoms with Gasteiger partial charge in [-0.3, -0.25) is 0 Å². The van der Waals surface area contributed by atoms with Crippen molar-refractivity contribution < 1.29 is 32.2 Å². The van der Waals surface area contributed by atoms with Gasteiger partial charge in [0.15, 0.2) is 6.61 Å². The van der Waals surface area contributed by atoms with E-state index >= 15 is 0 Å². The molecule has 0 aliphatic heterocycles. The van der Waals surface area contributed by atoms with Crippen LogP contribution in [-0.2, 0) is 19.0 Å². The number of ether oxygens (including phenoxy) is 3. The summed E-state index contributed by atoms with van der Waals surface area (Å²) < 4.78 is 48.5. The lowest BCUT2D eigenvalue weighted by Crippen LogP contribution is -2.32. The minimum Gasteiger partial charge on any atom is -0.452 e. The summed E-state index contributed by atoms with van der Waals surface area (Å²) in [6.07, 6.45) is -5.93. The summed E-state index contributed by atoms with van der Waals surface area (Å²) in [6, 6.07) is 0. The van der Waals surface area contributed by atoms with Crippen molar-refractivity contribution in [2.75, 3.05) is 19.8 Å². The highest BCUT2D eigenvalue weighted by Crippen LogP contribution is 2.15. The van der Waals surface area contributed by atoms with E-state index in [1.165, 1.54) is 0 Å². The van der Waals surface area contributed by atoms with Crippen molar-refractivity contribution in [1.82, 2.24) is 0 Å². The Morgan fingerprint density at radius 2 is 1.67 bits per heavy atom. The number of carbonyl (C=O) groups excluding carboxylic acids is 1. The molecule has 0 aromatic carbocycles. The number of rotatable bonds is 6. The Balaban J connectivity index is 4.02. The first-order valence-electron chi connectivity index (χ1n) is 4.37. The lowest BCUT2D eigenvalue weighted by molar-refractivity contribution is -0.215. The number of esters is 1. The van der Waals surface area contributed by atoms with Crippen molar-refractivity contribution in [2.45, 2.75) is 26.3 Å². The van der Waals surface area contributed by atoms with Crippen molar-refractivity contribution in [3.8, 4) is 0 Å². The molecule has 0 aromatic rings. The number of hydrogen-bond acceptors (Lipinski definition) is 4. The zero-order valence-corrected chi connectivity index (χ0v) is 8.47. The van der Waals surface area contributed by atoms with Crippen LogP contribution in [0.15, 0.2) is 0 Å². The number of halogens is 3. The molecule has 0 saturated carbocycles. The molecule has 15 heavy (non-hydrogen) atoms. The molecule has 0 rings (SSSR count). The third-order valence-electron chi connectivity index (χ3n) is 1.21. The van der Waals surface area contributed by atoms with E-state index in [4.69, 9.17) is 9.47 Å². The van der Waals surface area contributed by atoms with Gasteiger partial charge < -0.3 is 14.2 Å². The fourth-order valence-corrected chi connectivity index (χ4v) is 0.708. The molecule has 7 heteroatoms. The van der Waals surface area contributed by atoms with Crippen molar-refractivity contribution in [3.05, 3.63) is 0 Å². The molecule has 0 saturated heterocycles. The number of alkyl halides is 3. The molecule has 0 spiro atoms. The van der Waals surface area contributed by atoms with Gasteiger partial charge in [-0.1, -0.05) is 0 Å². The minimum atomic E-state index is -4.54. The summed E-state index contributed by atoms with van der Waals surface area (Å²) in [5, 5.41) is 0.